The molecule has 4 nitrogen and oxygen atoms in total. The van der Waals surface area contributed by atoms with Crippen LogP contribution < -0.4 is 5.73 Å². The maximum absolute atomic E-state index is 10.7. The standard InChI is InChI=1S/C8H15NO3/c1-6(3-4-7(9)10)5-8(11)12-2/h6H,3-5H2,1-2H3,(H2,9,10). The molecule has 12 heavy (non-hydrogen) atoms. The minimum atomic E-state index is -0.327. The van der Waals surface area contributed by atoms with Gasteiger partial charge in [0.05, 0.1) is 7.11 Å². The molecule has 0 aromatic carbocycles. The molecule has 0 spiro atoms. The van der Waals surface area contributed by atoms with Crippen molar-refractivity contribution in [2.24, 2.45) is 11.7 Å². The Morgan fingerprint density at radius 2 is 2.08 bits per heavy atom. The first-order valence-corrected chi connectivity index (χ1v) is 3.91. The zero-order valence-corrected chi connectivity index (χ0v) is 7.50. The zero-order chi connectivity index (χ0) is 9.56. The number of hydrogen-bond acceptors (Lipinski definition) is 3. The average molecular weight is 173 g/mol. The maximum atomic E-state index is 10.7. The molecule has 0 aliphatic heterocycles. The summed E-state index contributed by atoms with van der Waals surface area (Å²) >= 11 is 0. The van der Waals surface area contributed by atoms with Crippen LogP contribution in [0.3, 0.4) is 0 Å². The molecular weight excluding hydrogens is 158 g/mol. The number of carbonyl (C=O) groups excluding carboxylic acids is 2. The van der Waals surface area contributed by atoms with E-state index < -0.39 is 0 Å². The summed E-state index contributed by atoms with van der Waals surface area (Å²) in [5, 5.41) is 0. The van der Waals surface area contributed by atoms with Crippen LogP contribution in [0.25, 0.3) is 0 Å². The van der Waals surface area contributed by atoms with Crippen LogP contribution in [0.5, 0.6) is 0 Å². The number of ether oxygens (including phenoxy) is 1. The lowest BCUT2D eigenvalue weighted by Gasteiger charge is -2.07. The quantitative estimate of drug-likeness (QED) is 0.614. The number of carbonyl (C=O) groups is 2. The molecule has 0 aliphatic rings. The Balaban J connectivity index is 3.52. The highest BCUT2D eigenvalue weighted by Gasteiger charge is 2.09. The summed E-state index contributed by atoms with van der Waals surface area (Å²) < 4.78 is 4.47. The smallest absolute Gasteiger partial charge is 0.305 e. The molecular formula is C8H15NO3. The van der Waals surface area contributed by atoms with E-state index in [-0.39, 0.29) is 17.8 Å². The van der Waals surface area contributed by atoms with Crippen molar-refractivity contribution in [1.29, 1.82) is 0 Å². The van der Waals surface area contributed by atoms with Crippen molar-refractivity contribution in [1.82, 2.24) is 0 Å². The van der Waals surface area contributed by atoms with Gasteiger partial charge in [0.15, 0.2) is 0 Å². The molecule has 4 heteroatoms. The molecule has 0 saturated heterocycles. The Hall–Kier alpha value is -1.06. The van der Waals surface area contributed by atoms with Gasteiger partial charge in [0.1, 0.15) is 0 Å². The highest BCUT2D eigenvalue weighted by Crippen LogP contribution is 2.10. The summed E-state index contributed by atoms with van der Waals surface area (Å²) in [5.74, 6) is -0.413. The van der Waals surface area contributed by atoms with E-state index in [0.717, 1.165) is 0 Å². The molecule has 70 valence electrons. The molecule has 0 heterocycles. The second-order valence-electron chi connectivity index (χ2n) is 2.89. The largest absolute Gasteiger partial charge is 0.469 e. The summed E-state index contributed by atoms with van der Waals surface area (Å²) in [6.07, 6.45) is 1.33. The minimum Gasteiger partial charge on any atom is -0.469 e. The topological polar surface area (TPSA) is 69.4 Å². The molecule has 0 aromatic rings. The molecule has 0 saturated carbocycles. The second kappa shape index (κ2) is 5.57. The van der Waals surface area contributed by atoms with Gasteiger partial charge in [0.25, 0.3) is 0 Å². The van der Waals surface area contributed by atoms with E-state index in [9.17, 15) is 9.59 Å². The van der Waals surface area contributed by atoms with Gasteiger partial charge in [-0.3, -0.25) is 9.59 Å². The normalized spacial score (nSPS) is 12.2. The highest BCUT2D eigenvalue weighted by molar-refractivity contribution is 5.74. The van der Waals surface area contributed by atoms with E-state index in [0.29, 0.717) is 19.3 Å². The van der Waals surface area contributed by atoms with Gasteiger partial charge in [-0.25, -0.2) is 0 Å². The summed E-state index contributed by atoms with van der Waals surface area (Å²) in [4.78, 5) is 21.1. The first kappa shape index (κ1) is 10.9. The SMILES string of the molecule is COC(=O)CC(C)CCC(N)=O. The number of hydrogen-bond donors (Lipinski definition) is 1. The van der Waals surface area contributed by atoms with Crippen LogP contribution in [0.15, 0.2) is 0 Å². The minimum absolute atomic E-state index is 0.157. The third-order valence-corrected chi connectivity index (χ3v) is 1.63. The predicted octanol–water partition coefficient (Wildman–Crippen LogP) is 0.451. The average Bonchev–Trinajstić information content (AvgIpc) is 2.00. The van der Waals surface area contributed by atoms with Gasteiger partial charge in [0.2, 0.25) is 5.91 Å². The van der Waals surface area contributed by atoms with Crippen molar-refractivity contribution in [2.45, 2.75) is 26.2 Å². The van der Waals surface area contributed by atoms with Crippen molar-refractivity contribution in [3.05, 3.63) is 0 Å². The Kier molecular flexibility index (Phi) is 5.08. The zero-order valence-electron chi connectivity index (χ0n) is 7.50. The van der Waals surface area contributed by atoms with Gasteiger partial charge in [0, 0.05) is 12.8 Å². The molecule has 1 amide bonds. The van der Waals surface area contributed by atoms with E-state index in [1.807, 2.05) is 6.92 Å². The van der Waals surface area contributed by atoms with Crippen LogP contribution in [0.1, 0.15) is 26.2 Å². The van der Waals surface area contributed by atoms with Crippen molar-refractivity contribution in [2.75, 3.05) is 7.11 Å². The molecule has 1 unspecified atom stereocenters. The highest BCUT2D eigenvalue weighted by atomic mass is 16.5. The molecule has 2 N–H and O–H groups in total. The lowest BCUT2D eigenvalue weighted by Crippen LogP contribution is -2.13. The number of primary amides is 1. The fourth-order valence-corrected chi connectivity index (χ4v) is 0.859. The predicted molar refractivity (Wildman–Crippen MR) is 44.2 cm³/mol. The van der Waals surface area contributed by atoms with Gasteiger partial charge in [-0.05, 0) is 12.3 Å². The maximum Gasteiger partial charge on any atom is 0.305 e. The van der Waals surface area contributed by atoms with E-state index >= 15 is 0 Å². The fraction of sp³-hybridized carbons (Fsp3) is 0.750. The van der Waals surface area contributed by atoms with Gasteiger partial charge in [-0.1, -0.05) is 6.92 Å². The van der Waals surface area contributed by atoms with Gasteiger partial charge < -0.3 is 10.5 Å². The van der Waals surface area contributed by atoms with Crippen LogP contribution in [0.4, 0.5) is 0 Å². The summed E-state index contributed by atoms with van der Waals surface area (Å²) in [6.45, 7) is 1.89. The number of rotatable bonds is 5. The van der Waals surface area contributed by atoms with Gasteiger partial charge in [-0.2, -0.15) is 0 Å². The number of nitrogens with two attached hydrogens (primary N) is 1. The third kappa shape index (κ3) is 5.70. The molecule has 1 atom stereocenters. The fourth-order valence-electron chi connectivity index (χ4n) is 0.859. The van der Waals surface area contributed by atoms with Crippen molar-refractivity contribution < 1.29 is 14.3 Å². The Bertz CT molecular complexity index is 168. The van der Waals surface area contributed by atoms with E-state index in [4.69, 9.17) is 5.73 Å². The molecule has 0 rings (SSSR count). The molecule has 0 bridgehead atoms. The van der Waals surface area contributed by atoms with Crippen molar-refractivity contribution in [3.8, 4) is 0 Å². The summed E-state index contributed by atoms with van der Waals surface area (Å²) in [6, 6.07) is 0. The summed E-state index contributed by atoms with van der Waals surface area (Å²) in [7, 11) is 1.35. The molecule has 0 aliphatic carbocycles. The van der Waals surface area contributed by atoms with Crippen LogP contribution in [0, 0.1) is 5.92 Å². The number of esters is 1. The number of amides is 1. The Morgan fingerprint density at radius 3 is 2.50 bits per heavy atom. The van der Waals surface area contributed by atoms with Crippen LogP contribution in [-0.2, 0) is 14.3 Å². The van der Waals surface area contributed by atoms with Crippen molar-refractivity contribution >= 4 is 11.9 Å². The third-order valence-electron chi connectivity index (χ3n) is 1.63. The molecule has 0 fully saturated rings. The van der Waals surface area contributed by atoms with E-state index in [1.165, 1.54) is 7.11 Å². The van der Waals surface area contributed by atoms with Crippen LogP contribution in [-0.4, -0.2) is 19.0 Å². The lowest BCUT2D eigenvalue weighted by molar-refractivity contribution is -0.141. The molecule has 0 radical (unpaired) electrons. The van der Waals surface area contributed by atoms with Gasteiger partial charge in [-0.15, -0.1) is 0 Å². The van der Waals surface area contributed by atoms with E-state index in [2.05, 4.69) is 4.74 Å². The first-order valence-electron chi connectivity index (χ1n) is 3.91. The van der Waals surface area contributed by atoms with Gasteiger partial charge >= 0.3 is 5.97 Å². The number of methoxy groups -OCH3 is 1. The van der Waals surface area contributed by atoms with E-state index in [1.54, 1.807) is 0 Å². The second-order valence-corrected chi connectivity index (χ2v) is 2.89. The molecule has 0 aromatic heterocycles. The Morgan fingerprint density at radius 1 is 1.50 bits per heavy atom. The van der Waals surface area contributed by atoms with Crippen LogP contribution in [0.2, 0.25) is 0 Å². The monoisotopic (exact) mass is 173 g/mol. The van der Waals surface area contributed by atoms with Crippen LogP contribution >= 0.6 is 0 Å². The first-order chi connectivity index (χ1) is 5.56. The summed E-state index contributed by atoms with van der Waals surface area (Å²) in [5.41, 5.74) is 4.95. The lowest BCUT2D eigenvalue weighted by atomic mass is 10.0. The van der Waals surface area contributed by atoms with Crippen molar-refractivity contribution in [3.63, 3.8) is 0 Å². The Labute approximate surface area is 72.1 Å².